The molecule has 4 fully saturated rings. The van der Waals surface area contributed by atoms with Crippen molar-refractivity contribution in [2.75, 3.05) is 0 Å². The first kappa shape index (κ1) is 49.9. The maximum Gasteiger partial charge on any atom is 0.373 e. The van der Waals surface area contributed by atoms with E-state index in [9.17, 15) is 19.8 Å². The molecule has 14 rings (SSSR count). The van der Waals surface area contributed by atoms with Crippen LogP contribution in [0.1, 0.15) is 142 Å². The third kappa shape index (κ3) is 9.12. The molecular formula is C53H60N18O5. The fourth-order valence-corrected chi connectivity index (χ4v) is 11.7. The Morgan fingerprint density at radius 3 is 1.49 bits per heavy atom. The Bertz CT molecular complexity index is 3650. The molecule has 4 aliphatic heterocycles. The predicted octanol–water partition coefficient (Wildman–Crippen LogP) is 6.81. The maximum atomic E-state index is 13.1. The van der Waals surface area contributed by atoms with Gasteiger partial charge in [-0.25, -0.2) is 24.7 Å². The van der Waals surface area contributed by atoms with E-state index >= 15 is 0 Å². The zero-order valence-electron chi connectivity index (χ0n) is 41.7. The molecule has 10 aromatic rings. The van der Waals surface area contributed by atoms with Crippen molar-refractivity contribution in [2.45, 2.75) is 134 Å². The fraction of sp³-hybridized carbons (Fsp3) is 0.396. The number of pyridine rings is 2. The van der Waals surface area contributed by atoms with Crippen LogP contribution in [0.4, 0.5) is 0 Å². The number of aromatic nitrogens is 16. The molecule has 0 aromatic carbocycles. The van der Waals surface area contributed by atoms with Crippen LogP contribution in [0.5, 0.6) is 0 Å². The molecule has 4 saturated heterocycles. The van der Waals surface area contributed by atoms with Crippen molar-refractivity contribution in [3.8, 4) is 22.3 Å². The van der Waals surface area contributed by atoms with Gasteiger partial charge in [-0.2, -0.15) is 29.4 Å². The van der Waals surface area contributed by atoms with Crippen LogP contribution >= 0.6 is 0 Å². The number of nitrogens with zero attached hydrogens (tertiary/aromatic N) is 13. The molecule has 0 saturated carbocycles. The molecule has 4 bridgehead atoms. The number of carboxylic acids is 1. The van der Waals surface area contributed by atoms with Crippen LogP contribution in [-0.4, -0.2) is 136 Å². The SMILES string of the molecule is C.CC(C)(O)c1ccc(-c2cnn3c2nc(C2C[C@H]4CC[C@@H](C2)N4)c2cc[nH]c23)cn1.CC(C)(O)c1ccc(-c2cnn3c2nc(C2C[C@H]4CC[C@@H](C2)N4C(=O)c2ncn[nH]2)c2cc[nH]c23)cn1.O=C(O)c1ncn[nH]1. The molecule has 8 N–H and O–H groups in total. The van der Waals surface area contributed by atoms with E-state index in [1.165, 1.54) is 30.2 Å². The van der Waals surface area contributed by atoms with Gasteiger partial charge in [-0.1, -0.05) is 19.6 Å². The Kier molecular flexibility index (Phi) is 12.8. The average molecular weight is 1030 g/mol. The third-order valence-electron chi connectivity index (χ3n) is 15.2. The number of H-pyrrole nitrogens is 4. The number of fused-ring (bicyclic) bond motifs is 10. The zero-order valence-corrected chi connectivity index (χ0v) is 41.7. The van der Waals surface area contributed by atoms with Crippen molar-refractivity contribution in [3.63, 3.8) is 0 Å². The van der Waals surface area contributed by atoms with Gasteiger partial charge in [-0.05, 0) is 103 Å². The Morgan fingerprint density at radius 1 is 0.605 bits per heavy atom. The van der Waals surface area contributed by atoms with E-state index in [4.69, 9.17) is 15.1 Å². The zero-order chi connectivity index (χ0) is 51.8. The molecule has 2 unspecified atom stereocenters. The van der Waals surface area contributed by atoms with E-state index in [-0.39, 0.29) is 37.2 Å². The minimum Gasteiger partial charge on any atom is -0.475 e. The molecule has 10 aromatic heterocycles. The molecule has 6 atom stereocenters. The number of carbonyl (C=O) groups is 2. The summed E-state index contributed by atoms with van der Waals surface area (Å²) in [6, 6.07) is 13.4. The largest absolute Gasteiger partial charge is 0.475 e. The van der Waals surface area contributed by atoms with Gasteiger partial charge in [0.2, 0.25) is 11.6 Å². The smallest absolute Gasteiger partial charge is 0.373 e. The summed E-state index contributed by atoms with van der Waals surface area (Å²) in [4.78, 5) is 58.5. The summed E-state index contributed by atoms with van der Waals surface area (Å²) < 4.78 is 3.74. The highest BCUT2D eigenvalue weighted by Crippen LogP contribution is 2.45. The van der Waals surface area contributed by atoms with Gasteiger partial charge in [0.25, 0.3) is 5.91 Å². The van der Waals surface area contributed by atoms with Crippen LogP contribution in [0.15, 0.2) is 86.2 Å². The molecule has 4 aliphatic rings. The topological polar surface area (TPSA) is 311 Å². The summed E-state index contributed by atoms with van der Waals surface area (Å²) in [7, 11) is 0. The lowest BCUT2D eigenvalue weighted by atomic mass is 9.86. The second kappa shape index (κ2) is 19.5. The van der Waals surface area contributed by atoms with E-state index in [0.717, 1.165) is 101 Å². The first-order valence-corrected chi connectivity index (χ1v) is 25.3. The van der Waals surface area contributed by atoms with Crippen LogP contribution < -0.4 is 5.32 Å². The summed E-state index contributed by atoms with van der Waals surface area (Å²) in [6.45, 7) is 6.92. The second-order valence-electron chi connectivity index (χ2n) is 21.1. The van der Waals surface area contributed by atoms with E-state index in [1.54, 1.807) is 40.1 Å². The molecule has 0 spiro atoms. The Balaban J connectivity index is 0.000000142. The normalized spacial score (nSPS) is 21.1. The van der Waals surface area contributed by atoms with Crippen molar-refractivity contribution in [1.82, 2.24) is 89.7 Å². The number of aliphatic hydroxyl groups is 2. The van der Waals surface area contributed by atoms with E-state index < -0.39 is 17.2 Å². The number of aromatic carboxylic acids is 1. The van der Waals surface area contributed by atoms with Crippen molar-refractivity contribution in [2.24, 2.45) is 0 Å². The quantitative estimate of drug-likeness (QED) is 0.0775. The summed E-state index contributed by atoms with van der Waals surface area (Å²) in [5.74, 6) is -0.314. The third-order valence-corrected chi connectivity index (χ3v) is 15.2. The number of rotatable bonds is 8. The fourth-order valence-electron chi connectivity index (χ4n) is 11.7. The minimum absolute atomic E-state index is 0. The molecule has 23 nitrogen and oxygen atoms in total. The first-order chi connectivity index (χ1) is 36.2. The van der Waals surface area contributed by atoms with E-state index in [1.807, 2.05) is 63.0 Å². The molecule has 1 amide bonds. The van der Waals surface area contributed by atoms with Crippen molar-refractivity contribution in [3.05, 3.63) is 121 Å². The number of hydrogen-bond donors (Lipinski definition) is 8. The van der Waals surface area contributed by atoms with Gasteiger partial charge >= 0.3 is 5.97 Å². The van der Waals surface area contributed by atoms with Crippen LogP contribution in [0, 0.1) is 0 Å². The maximum absolute atomic E-state index is 13.1. The first-order valence-electron chi connectivity index (χ1n) is 25.3. The summed E-state index contributed by atoms with van der Waals surface area (Å²) in [5, 5.41) is 55.9. The number of aromatic amines is 4. The lowest BCUT2D eigenvalue weighted by molar-refractivity contribution is 0.0557. The molecule has 0 aliphatic carbocycles. The summed E-state index contributed by atoms with van der Waals surface area (Å²) >= 11 is 0. The molecule has 76 heavy (non-hydrogen) atoms. The van der Waals surface area contributed by atoms with Crippen LogP contribution in [0.25, 0.3) is 55.6 Å². The van der Waals surface area contributed by atoms with Gasteiger partial charge < -0.3 is 35.5 Å². The van der Waals surface area contributed by atoms with Gasteiger partial charge in [0, 0.05) is 93.8 Å². The predicted molar refractivity (Wildman–Crippen MR) is 280 cm³/mol. The number of nitrogens with one attached hydrogen (secondary N) is 5. The number of carboxylic acid groups (broad SMARTS) is 1. The van der Waals surface area contributed by atoms with Gasteiger partial charge in [0.15, 0.2) is 11.3 Å². The van der Waals surface area contributed by atoms with Crippen molar-refractivity contribution < 1.29 is 24.9 Å². The Hall–Kier alpha value is -8.28. The number of carbonyl (C=O) groups excluding carboxylic acids is 1. The highest BCUT2D eigenvalue weighted by Gasteiger charge is 2.45. The highest BCUT2D eigenvalue weighted by atomic mass is 16.4. The second-order valence-corrected chi connectivity index (χ2v) is 21.1. The van der Waals surface area contributed by atoms with E-state index in [0.29, 0.717) is 35.2 Å². The van der Waals surface area contributed by atoms with E-state index in [2.05, 4.69) is 77.9 Å². The Labute approximate surface area is 435 Å². The highest BCUT2D eigenvalue weighted by molar-refractivity contribution is 5.91. The van der Waals surface area contributed by atoms with Crippen LogP contribution in [0.3, 0.4) is 0 Å². The monoisotopic (exact) mass is 1030 g/mol. The van der Waals surface area contributed by atoms with Gasteiger partial charge in [-0.3, -0.25) is 25.0 Å². The average Bonchev–Trinajstić information content (AvgIpc) is 4.26. The lowest BCUT2D eigenvalue weighted by Crippen LogP contribution is -2.46. The molecule has 392 valence electrons. The Morgan fingerprint density at radius 2 is 1.08 bits per heavy atom. The molecule has 14 heterocycles. The van der Waals surface area contributed by atoms with Gasteiger partial charge in [0.1, 0.15) is 35.2 Å². The molecule has 0 radical (unpaired) electrons. The summed E-state index contributed by atoms with van der Waals surface area (Å²) in [6.07, 6.45) is 22.2. The number of piperidine rings is 2. The van der Waals surface area contributed by atoms with Gasteiger partial charge in [-0.15, -0.1) is 0 Å². The minimum atomic E-state index is -1.09. The van der Waals surface area contributed by atoms with Crippen LogP contribution in [-0.2, 0) is 11.2 Å². The summed E-state index contributed by atoms with van der Waals surface area (Å²) in [5.41, 5.74) is 8.69. The molecular weight excluding hydrogens is 969 g/mol. The lowest BCUT2D eigenvalue weighted by Gasteiger charge is -2.38. The number of amides is 1. The van der Waals surface area contributed by atoms with Crippen LogP contribution in [0.2, 0.25) is 0 Å². The van der Waals surface area contributed by atoms with Crippen molar-refractivity contribution >= 4 is 45.2 Å². The standard InChI is InChI=1S/C26H27N9O2.C23H26N6O.C3H3N3O2.CH4/c1-26(2,37)20-6-3-14(11-28-20)19-12-31-35-23-18(7-8-27-23)21(32-24(19)35)15-9-16-4-5-17(10-15)34(16)25(36)22-29-13-30-33-22;1-23(2,30)19-6-3-13(11-25-19)18-12-26-29-21-17(7-8-24-21)20(28-22(18)29)14-9-15-4-5-16(10-14)27-15;7-3(8)2-4-1-5-6-2;/h3,6-8,11-13,15-17,27,37H,4-5,9-10H2,1-2H3,(H,29,30,33);3,6-8,11-12,14-16,24,27,30H,4-5,9-10H2,1-2H3;1H,(H,7,8)(H,4,5,6);1H4/t15?,16-,17+;14?,15-,16+;;. The van der Waals surface area contributed by atoms with Gasteiger partial charge in [0.05, 0.1) is 35.2 Å². The number of hydrogen-bond acceptors (Lipinski definition) is 15. The molecule has 23 heteroatoms. The van der Waals surface area contributed by atoms with Crippen molar-refractivity contribution in [1.29, 1.82) is 0 Å².